The van der Waals surface area contributed by atoms with Crippen molar-refractivity contribution in [3.05, 3.63) is 34.9 Å². The smallest absolute Gasteiger partial charge is 0.0768 e. The Morgan fingerprint density at radius 2 is 2.00 bits per heavy atom. The minimum absolute atomic E-state index is 0.114. The number of rotatable bonds is 3. The van der Waals surface area contributed by atoms with Gasteiger partial charge in [0.15, 0.2) is 0 Å². The molecule has 1 N–H and O–H groups in total. The Kier molecular flexibility index (Phi) is 3.18. The lowest BCUT2D eigenvalue weighted by atomic mass is 9.63. The second-order valence-corrected chi connectivity index (χ2v) is 4.83. The van der Waals surface area contributed by atoms with Crippen molar-refractivity contribution in [3.8, 4) is 6.07 Å². The maximum atomic E-state index is 9.34. The molecule has 0 saturated heterocycles. The van der Waals surface area contributed by atoms with Crippen molar-refractivity contribution in [2.24, 2.45) is 5.41 Å². The number of nitrogens with one attached hydrogen (secondary N) is 1. The van der Waals surface area contributed by atoms with Gasteiger partial charge in [-0.05, 0) is 37.6 Å². The predicted octanol–water partition coefficient (Wildman–Crippen LogP) is 3.29. The van der Waals surface area contributed by atoms with Crippen LogP contribution in [-0.4, -0.2) is 7.05 Å². The van der Waals surface area contributed by atoms with E-state index >= 15 is 0 Å². The number of hydrogen-bond acceptors (Lipinski definition) is 2. The first kappa shape index (κ1) is 11.4. The van der Waals surface area contributed by atoms with E-state index in [1.807, 2.05) is 31.3 Å². The first-order valence-corrected chi connectivity index (χ1v) is 5.94. The third-order valence-electron chi connectivity index (χ3n) is 3.51. The Morgan fingerprint density at radius 1 is 1.38 bits per heavy atom. The number of nitriles is 1. The van der Waals surface area contributed by atoms with Crippen LogP contribution in [-0.2, 0) is 0 Å². The van der Waals surface area contributed by atoms with Crippen LogP contribution in [0.1, 0.15) is 30.9 Å². The molecule has 3 heteroatoms. The van der Waals surface area contributed by atoms with Gasteiger partial charge in [-0.2, -0.15) is 5.26 Å². The molecule has 16 heavy (non-hydrogen) atoms. The lowest BCUT2D eigenvalue weighted by molar-refractivity contribution is 0.149. The molecule has 1 aliphatic rings. The standard InChI is InChI=1S/C13H15ClN2/c1-16-12(13(9-15)7-2-8-13)10-3-5-11(14)6-4-10/h3-6,12,16H,2,7-8H2,1H3. The van der Waals surface area contributed by atoms with Gasteiger partial charge in [0.25, 0.3) is 0 Å². The van der Waals surface area contributed by atoms with E-state index in [1.54, 1.807) is 0 Å². The topological polar surface area (TPSA) is 35.8 Å². The van der Waals surface area contributed by atoms with E-state index in [1.165, 1.54) is 0 Å². The fraction of sp³-hybridized carbons (Fsp3) is 0.462. The van der Waals surface area contributed by atoms with E-state index in [0.29, 0.717) is 0 Å². The summed E-state index contributed by atoms with van der Waals surface area (Å²) in [7, 11) is 1.91. The lowest BCUT2D eigenvalue weighted by Crippen LogP contribution is -2.40. The highest BCUT2D eigenvalue weighted by molar-refractivity contribution is 6.30. The average molecular weight is 235 g/mol. The number of halogens is 1. The Morgan fingerprint density at radius 3 is 2.38 bits per heavy atom. The summed E-state index contributed by atoms with van der Waals surface area (Å²) in [6, 6.07) is 10.4. The fourth-order valence-electron chi connectivity index (χ4n) is 2.44. The van der Waals surface area contributed by atoms with Crippen LogP contribution in [0.5, 0.6) is 0 Å². The third kappa shape index (κ3) is 1.81. The predicted molar refractivity (Wildman–Crippen MR) is 65.1 cm³/mol. The van der Waals surface area contributed by atoms with Crippen molar-refractivity contribution < 1.29 is 0 Å². The molecule has 1 aromatic rings. The fourth-order valence-corrected chi connectivity index (χ4v) is 2.57. The number of hydrogen-bond donors (Lipinski definition) is 1. The van der Waals surface area contributed by atoms with Gasteiger partial charge in [-0.15, -0.1) is 0 Å². The Hall–Kier alpha value is -1.04. The molecule has 1 saturated carbocycles. The first-order chi connectivity index (χ1) is 7.72. The highest BCUT2D eigenvalue weighted by Gasteiger charge is 2.44. The molecule has 0 aromatic heterocycles. The van der Waals surface area contributed by atoms with Gasteiger partial charge < -0.3 is 5.32 Å². The van der Waals surface area contributed by atoms with Crippen molar-refractivity contribution in [3.63, 3.8) is 0 Å². The summed E-state index contributed by atoms with van der Waals surface area (Å²) in [6.45, 7) is 0. The Labute approximate surface area is 101 Å². The van der Waals surface area contributed by atoms with Crippen molar-refractivity contribution in [1.29, 1.82) is 5.26 Å². The minimum atomic E-state index is -0.220. The quantitative estimate of drug-likeness (QED) is 0.871. The van der Waals surface area contributed by atoms with Gasteiger partial charge in [-0.1, -0.05) is 30.2 Å². The second kappa shape index (κ2) is 4.45. The van der Waals surface area contributed by atoms with Crippen molar-refractivity contribution in [2.45, 2.75) is 25.3 Å². The average Bonchev–Trinajstić information content (AvgIpc) is 2.25. The molecule has 0 amide bonds. The zero-order chi connectivity index (χ0) is 11.6. The summed E-state index contributed by atoms with van der Waals surface area (Å²) in [5.74, 6) is 0. The van der Waals surface area contributed by atoms with Crippen molar-refractivity contribution >= 4 is 11.6 Å². The largest absolute Gasteiger partial charge is 0.312 e. The van der Waals surface area contributed by atoms with Gasteiger partial charge in [0.05, 0.1) is 17.5 Å². The second-order valence-electron chi connectivity index (χ2n) is 4.39. The van der Waals surface area contributed by atoms with Crippen molar-refractivity contribution in [1.82, 2.24) is 5.32 Å². The molecule has 0 heterocycles. The monoisotopic (exact) mass is 234 g/mol. The molecule has 0 radical (unpaired) electrons. The molecule has 2 rings (SSSR count). The van der Waals surface area contributed by atoms with E-state index in [4.69, 9.17) is 11.6 Å². The van der Waals surface area contributed by atoms with Crippen molar-refractivity contribution in [2.75, 3.05) is 7.05 Å². The molecular formula is C13H15ClN2. The molecule has 0 aliphatic heterocycles. The first-order valence-electron chi connectivity index (χ1n) is 5.56. The molecular weight excluding hydrogens is 220 g/mol. The van der Waals surface area contributed by atoms with E-state index < -0.39 is 0 Å². The molecule has 0 spiro atoms. The van der Waals surface area contributed by atoms with Crippen LogP contribution in [0.3, 0.4) is 0 Å². The van der Waals surface area contributed by atoms with Crippen LogP contribution < -0.4 is 5.32 Å². The molecule has 1 atom stereocenters. The van der Waals surface area contributed by atoms with Gasteiger partial charge in [0.2, 0.25) is 0 Å². The normalized spacial score (nSPS) is 19.6. The summed E-state index contributed by atoms with van der Waals surface area (Å²) >= 11 is 5.87. The summed E-state index contributed by atoms with van der Waals surface area (Å²) < 4.78 is 0. The summed E-state index contributed by atoms with van der Waals surface area (Å²) in [6.07, 6.45) is 3.12. The zero-order valence-electron chi connectivity index (χ0n) is 9.33. The molecule has 1 fully saturated rings. The molecule has 1 aromatic carbocycles. The van der Waals surface area contributed by atoms with Gasteiger partial charge >= 0.3 is 0 Å². The summed E-state index contributed by atoms with van der Waals surface area (Å²) in [5.41, 5.74) is 0.927. The van der Waals surface area contributed by atoms with Gasteiger partial charge in [-0.3, -0.25) is 0 Å². The maximum absolute atomic E-state index is 9.34. The third-order valence-corrected chi connectivity index (χ3v) is 3.77. The molecule has 0 bridgehead atoms. The number of benzene rings is 1. The summed E-state index contributed by atoms with van der Waals surface area (Å²) in [4.78, 5) is 0. The summed E-state index contributed by atoms with van der Waals surface area (Å²) in [5, 5.41) is 13.3. The Bertz CT molecular complexity index is 401. The molecule has 1 unspecified atom stereocenters. The highest BCUT2D eigenvalue weighted by atomic mass is 35.5. The van der Waals surface area contributed by atoms with Gasteiger partial charge in [0.1, 0.15) is 0 Å². The van der Waals surface area contributed by atoms with E-state index in [2.05, 4.69) is 11.4 Å². The number of nitrogens with zero attached hydrogens (tertiary/aromatic N) is 1. The Balaban J connectivity index is 2.29. The molecule has 2 nitrogen and oxygen atoms in total. The van der Waals surface area contributed by atoms with Crippen LogP contribution in [0.4, 0.5) is 0 Å². The lowest BCUT2D eigenvalue weighted by Gasteiger charge is -2.42. The maximum Gasteiger partial charge on any atom is 0.0768 e. The van der Waals surface area contributed by atoms with Crippen LogP contribution >= 0.6 is 11.6 Å². The van der Waals surface area contributed by atoms with E-state index in [0.717, 1.165) is 29.8 Å². The van der Waals surface area contributed by atoms with Crippen LogP contribution in [0.25, 0.3) is 0 Å². The SMILES string of the molecule is CNC(c1ccc(Cl)cc1)C1(C#N)CCC1. The highest BCUT2D eigenvalue weighted by Crippen LogP contribution is 2.49. The molecule has 84 valence electrons. The van der Waals surface area contributed by atoms with Gasteiger partial charge in [0, 0.05) is 5.02 Å². The van der Waals surface area contributed by atoms with Gasteiger partial charge in [-0.25, -0.2) is 0 Å². The molecule has 1 aliphatic carbocycles. The minimum Gasteiger partial charge on any atom is -0.312 e. The van der Waals surface area contributed by atoms with E-state index in [9.17, 15) is 5.26 Å². The van der Waals surface area contributed by atoms with Crippen LogP contribution in [0, 0.1) is 16.7 Å². The van der Waals surface area contributed by atoms with E-state index in [-0.39, 0.29) is 11.5 Å². The van der Waals surface area contributed by atoms with Crippen LogP contribution in [0.15, 0.2) is 24.3 Å². The van der Waals surface area contributed by atoms with Crippen LogP contribution in [0.2, 0.25) is 5.02 Å². The zero-order valence-corrected chi connectivity index (χ0v) is 10.1.